The molecular formula is C17H21N3O3S. The molecule has 7 heteroatoms. The maximum atomic E-state index is 12.3. The molecule has 128 valence electrons. The van der Waals surface area contributed by atoms with Crippen LogP contribution in [0.1, 0.15) is 18.4 Å². The fourth-order valence-electron chi connectivity index (χ4n) is 2.96. The second-order valence-electron chi connectivity index (χ2n) is 6.35. The smallest absolute Gasteiger partial charge is 0.222 e. The SMILES string of the molecule is CN(Cc1cnn(-c2ccccc2)c1)C(=O)C[C@@H]1CCS(=O)(=O)C1. The number of nitrogens with zero attached hydrogens (tertiary/aromatic N) is 3. The van der Waals surface area contributed by atoms with E-state index in [0.717, 1.165) is 11.3 Å². The number of amides is 1. The highest BCUT2D eigenvalue weighted by Crippen LogP contribution is 2.22. The number of aromatic nitrogens is 2. The van der Waals surface area contributed by atoms with Crippen LogP contribution in [-0.4, -0.2) is 47.6 Å². The average molecular weight is 347 g/mol. The number of sulfone groups is 1. The number of benzene rings is 1. The van der Waals surface area contributed by atoms with E-state index in [4.69, 9.17) is 0 Å². The van der Waals surface area contributed by atoms with Crippen molar-refractivity contribution in [2.75, 3.05) is 18.6 Å². The monoisotopic (exact) mass is 347 g/mol. The molecule has 1 amide bonds. The van der Waals surface area contributed by atoms with E-state index >= 15 is 0 Å². The molecule has 1 aromatic carbocycles. The number of rotatable bonds is 5. The first-order chi connectivity index (χ1) is 11.4. The van der Waals surface area contributed by atoms with Crippen LogP contribution in [0.15, 0.2) is 42.7 Å². The van der Waals surface area contributed by atoms with E-state index in [1.54, 1.807) is 22.8 Å². The van der Waals surface area contributed by atoms with Crippen molar-refractivity contribution in [2.24, 2.45) is 5.92 Å². The second kappa shape index (κ2) is 6.76. The van der Waals surface area contributed by atoms with E-state index in [2.05, 4.69) is 5.10 Å². The molecule has 1 aliphatic heterocycles. The lowest BCUT2D eigenvalue weighted by Gasteiger charge is -2.18. The first kappa shape index (κ1) is 16.7. The van der Waals surface area contributed by atoms with Crippen molar-refractivity contribution in [3.8, 4) is 5.69 Å². The Balaban J connectivity index is 1.58. The molecule has 0 aliphatic carbocycles. The number of hydrogen-bond acceptors (Lipinski definition) is 4. The number of carbonyl (C=O) groups is 1. The van der Waals surface area contributed by atoms with Gasteiger partial charge in [-0.3, -0.25) is 4.79 Å². The van der Waals surface area contributed by atoms with Crippen LogP contribution in [0.2, 0.25) is 0 Å². The van der Waals surface area contributed by atoms with Gasteiger partial charge in [0.1, 0.15) is 0 Å². The molecular weight excluding hydrogens is 326 g/mol. The predicted octanol–water partition coefficient (Wildman–Crippen LogP) is 1.66. The minimum atomic E-state index is -2.94. The molecule has 1 saturated heterocycles. The van der Waals surface area contributed by atoms with Crippen LogP contribution in [0, 0.1) is 5.92 Å². The zero-order valence-corrected chi connectivity index (χ0v) is 14.4. The van der Waals surface area contributed by atoms with Gasteiger partial charge in [-0.05, 0) is 24.5 Å². The summed E-state index contributed by atoms with van der Waals surface area (Å²) in [7, 11) is -1.20. The summed E-state index contributed by atoms with van der Waals surface area (Å²) in [5.41, 5.74) is 1.91. The van der Waals surface area contributed by atoms with E-state index in [9.17, 15) is 13.2 Å². The summed E-state index contributed by atoms with van der Waals surface area (Å²) >= 11 is 0. The van der Waals surface area contributed by atoms with Crippen molar-refractivity contribution >= 4 is 15.7 Å². The number of para-hydroxylation sites is 1. The predicted molar refractivity (Wildman–Crippen MR) is 91.4 cm³/mol. The van der Waals surface area contributed by atoms with Gasteiger partial charge in [-0.2, -0.15) is 5.10 Å². The average Bonchev–Trinajstić information content (AvgIpc) is 3.14. The highest BCUT2D eigenvalue weighted by atomic mass is 32.2. The summed E-state index contributed by atoms with van der Waals surface area (Å²) in [5.74, 6) is 0.276. The summed E-state index contributed by atoms with van der Waals surface area (Å²) in [6, 6.07) is 9.77. The Labute approximate surface area is 142 Å². The van der Waals surface area contributed by atoms with Crippen molar-refractivity contribution in [3.63, 3.8) is 0 Å². The summed E-state index contributed by atoms with van der Waals surface area (Å²) < 4.78 is 24.7. The van der Waals surface area contributed by atoms with Crippen LogP contribution in [0.25, 0.3) is 5.69 Å². The third-order valence-electron chi connectivity index (χ3n) is 4.29. The third-order valence-corrected chi connectivity index (χ3v) is 6.13. The second-order valence-corrected chi connectivity index (χ2v) is 8.58. The highest BCUT2D eigenvalue weighted by Gasteiger charge is 2.30. The Hall–Kier alpha value is -2.15. The number of hydrogen-bond donors (Lipinski definition) is 0. The molecule has 2 heterocycles. The zero-order chi connectivity index (χ0) is 17.2. The van der Waals surface area contributed by atoms with Gasteiger partial charge in [-0.1, -0.05) is 18.2 Å². The van der Waals surface area contributed by atoms with Gasteiger partial charge in [0.15, 0.2) is 9.84 Å². The number of carbonyl (C=O) groups excluding carboxylic acids is 1. The first-order valence-corrected chi connectivity index (χ1v) is 9.78. The van der Waals surface area contributed by atoms with E-state index in [-0.39, 0.29) is 23.3 Å². The summed E-state index contributed by atoms with van der Waals surface area (Å²) in [6.07, 6.45) is 4.53. The molecule has 1 fully saturated rings. The van der Waals surface area contributed by atoms with Crippen LogP contribution in [0.5, 0.6) is 0 Å². The molecule has 0 radical (unpaired) electrons. The topological polar surface area (TPSA) is 72.3 Å². The maximum absolute atomic E-state index is 12.3. The fraction of sp³-hybridized carbons (Fsp3) is 0.412. The van der Waals surface area contributed by atoms with E-state index in [1.807, 2.05) is 36.5 Å². The minimum absolute atomic E-state index is 0.0236. The molecule has 0 unspecified atom stereocenters. The quantitative estimate of drug-likeness (QED) is 0.824. The molecule has 0 N–H and O–H groups in total. The van der Waals surface area contributed by atoms with Gasteiger partial charge in [0.05, 0.1) is 23.4 Å². The highest BCUT2D eigenvalue weighted by molar-refractivity contribution is 7.91. The summed E-state index contributed by atoms with van der Waals surface area (Å²) in [5, 5.41) is 4.32. The molecule has 1 aliphatic rings. The van der Waals surface area contributed by atoms with Crippen LogP contribution in [0.4, 0.5) is 0 Å². The molecule has 0 saturated carbocycles. The maximum Gasteiger partial charge on any atom is 0.222 e. The first-order valence-electron chi connectivity index (χ1n) is 7.96. The summed E-state index contributed by atoms with van der Waals surface area (Å²) in [4.78, 5) is 13.9. The van der Waals surface area contributed by atoms with Gasteiger partial charge in [-0.25, -0.2) is 13.1 Å². The zero-order valence-electron chi connectivity index (χ0n) is 13.6. The van der Waals surface area contributed by atoms with Crippen molar-refractivity contribution in [2.45, 2.75) is 19.4 Å². The van der Waals surface area contributed by atoms with Gasteiger partial charge in [0, 0.05) is 31.8 Å². The van der Waals surface area contributed by atoms with Gasteiger partial charge in [-0.15, -0.1) is 0 Å². The minimum Gasteiger partial charge on any atom is -0.341 e. The lowest BCUT2D eigenvalue weighted by Crippen LogP contribution is -2.28. The normalized spacial score (nSPS) is 19.3. The molecule has 6 nitrogen and oxygen atoms in total. The molecule has 24 heavy (non-hydrogen) atoms. The Kier molecular flexibility index (Phi) is 4.71. The van der Waals surface area contributed by atoms with Crippen LogP contribution in [-0.2, 0) is 21.2 Å². The molecule has 1 aromatic heterocycles. The van der Waals surface area contributed by atoms with Gasteiger partial charge in [0.2, 0.25) is 5.91 Å². The Morgan fingerprint density at radius 1 is 1.33 bits per heavy atom. The van der Waals surface area contributed by atoms with Crippen molar-refractivity contribution in [1.29, 1.82) is 0 Å². The molecule has 3 rings (SSSR count). The van der Waals surface area contributed by atoms with Crippen molar-refractivity contribution in [1.82, 2.24) is 14.7 Å². The fourth-order valence-corrected chi connectivity index (χ4v) is 4.82. The van der Waals surface area contributed by atoms with Crippen LogP contribution in [0.3, 0.4) is 0 Å². The van der Waals surface area contributed by atoms with Crippen LogP contribution < -0.4 is 0 Å². The Bertz CT molecular complexity index is 815. The molecule has 2 aromatic rings. The van der Waals surface area contributed by atoms with Crippen molar-refractivity contribution < 1.29 is 13.2 Å². The Morgan fingerprint density at radius 3 is 2.75 bits per heavy atom. The largest absolute Gasteiger partial charge is 0.341 e. The summed E-state index contributed by atoms with van der Waals surface area (Å²) in [6.45, 7) is 0.463. The van der Waals surface area contributed by atoms with Crippen molar-refractivity contribution in [3.05, 3.63) is 48.3 Å². The van der Waals surface area contributed by atoms with E-state index < -0.39 is 9.84 Å². The lowest BCUT2D eigenvalue weighted by atomic mass is 10.0. The molecule has 1 atom stereocenters. The Morgan fingerprint density at radius 2 is 2.08 bits per heavy atom. The van der Waals surface area contributed by atoms with Gasteiger partial charge >= 0.3 is 0 Å². The van der Waals surface area contributed by atoms with Gasteiger partial charge < -0.3 is 4.90 Å². The third kappa shape index (κ3) is 4.03. The molecule has 0 spiro atoms. The standard InChI is InChI=1S/C17H21N3O3S/c1-19(17(21)9-14-7-8-24(22,23)13-14)11-15-10-18-20(12-15)16-5-3-2-4-6-16/h2-6,10,12,14H,7-9,11,13H2,1H3/t14-/m0/s1. The van der Waals surface area contributed by atoms with E-state index in [1.165, 1.54) is 0 Å². The van der Waals surface area contributed by atoms with E-state index in [0.29, 0.717) is 19.4 Å². The van der Waals surface area contributed by atoms with Gasteiger partial charge in [0.25, 0.3) is 0 Å². The molecule has 0 bridgehead atoms. The lowest BCUT2D eigenvalue weighted by molar-refractivity contribution is -0.131. The van der Waals surface area contributed by atoms with Crippen LogP contribution >= 0.6 is 0 Å².